The SMILES string of the molecule is CNc1ccc2c(c1)N(C(=O)OC(C)(C)C)CCO2. The first-order chi connectivity index (χ1) is 8.90. The summed E-state index contributed by atoms with van der Waals surface area (Å²) in [5.74, 6) is 0.705. The molecule has 0 spiro atoms. The van der Waals surface area contributed by atoms with Crippen molar-refractivity contribution in [2.75, 3.05) is 30.4 Å². The van der Waals surface area contributed by atoms with Crippen molar-refractivity contribution in [1.29, 1.82) is 0 Å². The zero-order valence-electron chi connectivity index (χ0n) is 11.8. The van der Waals surface area contributed by atoms with Crippen LogP contribution in [-0.2, 0) is 4.74 Å². The molecule has 0 saturated heterocycles. The number of nitrogens with one attached hydrogen (secondary N) is 1. The first kappa shape index (κ1) is 13.5. The first-order valence-corrected chi connectivity index (χ1v) is 6.36. The number of nitrogens with zero attached hydrogens (tertiary/aromatic N) is 1. The maximum atomic E-state index is 12.2. The smallest absolute Gasteiger partial charge is 0.415 e. The molecule has 1 aliphatic rings. The average molecular weight is 264 g/mol. The summed E-state index contributed by atoms with van der Waals surface area (Å²) < 4.78 is 11.0. The molecular weight excluding hydrogens is 244 g/mol. The summed E-state index contributed by atoms with van der Waals surface area (Å²) in [5, 5.41) is 3.05. The van der Waals surface area contributed by atoms with Gasteiger partial charge in [0.25, 0.3) is 0 Å². The van der Waals surface area contributed by atoms with Crippen LogP contribution in [0.2, 0.25) is 0 Å². The van der Waals surface area contributed by atoms with Crippen LogP contribution in [0.4, 0.5) is 16.2 Å². The fourth-order valence-corrected chi connectivity index (χ4v) is 1.88. The molecule has 0 saturated carbocycles. The van der Waals surface area contributed by atoms with E-state index in [0.717, 1.165) is 11.4 Å². The molecule has 104 valence electrons. The van der Waals surface area contributed by atoms with Gasteiger partial charge in [0.1, 0.15) is 18.0 Å². The van der Waals surface area contributed by atoms with Crippen molar-refractivity contribution >= 4 is 17.5 Å². The highest BCUT2D eigenvalue weighted by Gasteiger charge is 2.28. The van der Waals surface area contributed by atoms with Gasteiger partial charge in [0.05, 0.1) is 12.2 Å². The number of hydrogen-bond acceptors (Lipinski definition) is 4. The van der Waals surface area contributed by atoms with Crippen LogP contribution in [0.25, 0.3) is 0 Å². The molecule has 2 rings (SSSR count). The Balaban J connectivity index is 2.28. The van der Waals surface area contributed by atoms with Gasteiger partial charge in [-0.25, -0.2) is 4.79 Å². The van der Waals surface area contributed by atoms with Crippen LogP contribution >= 0.6 is 0 Å². The highest BCUT2D eigenvalue weighted by Crippen LogP contribution is 2.34. The average Bonchev–Trinajstić information content (AvgIpc) is 2.35. The second-order valence-electron chi connectivity index (χ2n) is 5.41. The topological polar surface area (TPSA) is 50.8 Å². The Morgan fingerprint density at radius 2 is 2.16 bits per heavy atom. The summed E-state index contributed by atoms with van der Waals surface area (Å²) in [6.45, 7) is 6.54. The van der Waals surface area contributed by atoms with Crippen molar-refractivity contribution in [2.24, 2.45) is 0 Å². The van der Waals surface area contributed by atoms with E-state index in [2.05, 4.69) is 5.32 Å². The van der Waals surface area contributed by atoms with E-state index >= 15 is 0 Å². The third-order valence-electron chi connectivity index (χ3n) is 2.72. The lowest BCUT2D eigenvalue weighted by Crippen LogP contribution is -2.41. The van der Waals surface area contributed by atoms with E-state index < -0.39 is 5.60 Å². The van der Waals surface area contributed by atoms with Crippen LogP contribution in [0.1, 0.15) is 20.8 Å². The minimum absolute atomic E-state index is 0.342. The predicted molar refractivity (Wildman–Crippen MR) is 75.1 cm³/mol. The van der Waals surface area contributed by atoms with E-state index in [9.17, 15) is 4.79 Å². The molecule has 19 heavy (non-hydrogen) atoms. The van der Waals surface area contributed by atoms with Crippen molar-refractivity contribution in [3.05, 3.63) is 18.2 Å². The maximum Gasteiger partial charge on any atom is 0.415 e. The number of carbonyl (C=O) groups is 1. The molecule has 1 amide bonds. The van der Waals surface area contributed by atoms with Gasteiger partial charge in [0.2, 0.25) is 0 Å². The number of amides is 1. The van der Waals surface area contributed by atoms with E-state index in [4.69, 9.17) is 9.47 Å². The third kappa shape index (κ3) is 3.10. The molecule has 1 aromatic carbocycles. The number of carbonyl (C=O) groups excluding carboxylic acids is 1. The van der Waals surface area contributed by atoms with Crippen LogP contribution in [-0.4, -0.2) is 31.9 Å². The number of anilines is 2. The van der Waals surface area contributed by atoms with Crippen LogP contribution in [0.5, 0.6) is 5.75 Å². The fourth-order valence-electron chi connectivity index (χ4n) is 1.88. The number of fused-ring (bicyclic) bond motifs is 1. The van der Waals surface area contributed by atoms with E-state index in [0.29, 0.717) is 18.9 Å². The Kier molecular flexibility index (Phi) is 3.55. The van der Waals surface area contributed by atoms with E-state index in [1.807, 2.05) is 46.0 Å². The first-order valence-electron chi connectivity index (χ1n) is 6.36. The standard InChI is InChI=1S/C14H20N2O3/c1-14(2,3)19-13(17)16-7-8-18-12-6-5-10(15-4)9-11(12)16/h5-6,9,15H,7-8H2,1-4H3. The molecule has 0 radical (unpaired) electrons. The molecule has 5 nitrogen and oxygen atoms in total. The van der Waals surface area contributed by atoms with Gasteiger partial charge in [0.15, 0.2) is 0 Å². The summed E-state index contributed by atoms with van der Waals surface area (Å²) >= 11 is 0. The predicted octanol–water partition coefficient (Wildman–Crippen LogP) is 2.86. The number of rotatable bonds is 1. The number of ether oxygens (including phenoxy) is 2. The highest BCUT2D eigenvalue weighted by atomic mass is 16.6. The lowest BCUT2D eigenvalue weighted by molar-refractivity contribution is 0.0568. The molecule has 0 aliphatic carbocycles. The van der Waals surface area contributed by atoms with Gasteiger partial charge in [-0.15, -0.1) is 0 Å². The molecule has 1 aromatic rings. The highest BCUT2D eigenvalue weighted by molar-refractivity contribution is 5.91. The Bertz CT molecular complexity index is 480. The van der Waals surface area contributed by atoms with Gasteiger partial charge in [-0.2, -0.15) is 0 Å². The molecule has 0 bridgehead atoms. The summed E-state index contributed by atoms with van der Waals surface area (Å²) in [7, 11) is 1.84. The zero-order chi connectivity index (χ0) is 14.0. The molecule has 0 unspecified atom stereocenters. The molecule has 0 fully saturated rings. The molecule has 1 N–H and O–H groups in total. The summed E-state index contributed by atoms with van der Waals surface area (Å²) in [6, 6.07) is 5.66. The Morgan fingerprint density at radius 3 is 2.79 bits per heavy atom. The minimum atomic E-state index is -0.504. The largest absolute Gasteiger partial charge is 0.490 e. The molecule has 5 heteroatoms. The quantitative estimate of drug-likeness (QED) is 0.847. The van der Waals surface area contributed by atoms with Crippen LogP contribution < -0.4 is 15.0 Å². The Labute approximate surface area is 113 Å². The second kappa shape index (κ2) is 4.99. The van der Waals surface area contributed by atoms with Gasteiger partial charge in [-0.1, -0.05) is 0 Å². The van der Waals surface area contributed by atoms with Gasteiger partial charge in [-0.05, 0) is 39.0 Å². The zero-order valence-corrected chi connectivity index (χ0v) is 11.8. The molecule has 1 heterocycles. The number of benzene rings is 1. The van der Waals surface area contributed by atoms with Gasteiger partial charge >= 0.3 is 6.09 Å². The molecular formula is C14H20N2O3. The van der Waals surface area contributed by atoms with E-state index in [1.165, 1.54) is 0 Å². The second-order valence-corrected chi connectivity index (χ2v) is 5.41. The van der Waals surface area contributed by atoms with Crippen molar-refractivity contribution in [3.8, 4) is 5.75 Å². The molecule has 0 atom stereocenters. The summed E-state index contributed by atoms with van der Waals surface area (Å²) in [5.41, 5.74) is 1.17. The monoisotopic (exact) mass is 264 g/mol. The fraction of sp³-hybridized carbons (Fsp3) is 0.500. The summed E-state index contributed by atoms with van der Waals surface area (Å²) in [4.78, 5) is 13.8. The Hall–Kier alpha value is -1.91. The van der Waals surface area contributed by atoms with Crippen molar-refractivity contribution in [2.45, 2.75) is 26.4 Å². The lowest BCUT2D eigenvalue weighted by atomic mass is 10.2. The van der Waals surface area contributed by atoms with Crippen LogP contribution in [0.3, 0.4) is 0 Å². The van der Waals surface area contributed by atoms with Crippen molar-refractivity contribution < 1.29 is 14.3 Å². The van der Waals surface area contributed by atoms with Crippen LogP contribution in [0, 0.1) is 0 Å². The van der Waals surface area contributed by atoms with E-state index in [-0.39, 0.29) is 6.09 Å². The van der Waals surface area contributed by atoms with Gasteiger partial charge < -0.3 is 14.8 Å². The third-order valence-corrected chi connectivity index (χ3v) is 2.72. The van der Waals surface area contributed by atoms with Crippen molar-refractivity contribution in [3.63, 3.8) is 0 Å². The lowest BCUT2D eigenvalue weighted by Gasteiger charge is -2.31. The summed E-state index contributed by atoms with van der Waals surface area (Å²) in [6.07, 6.45) is -0.342. The van der Waals surface area contributed by atoms with E-state index in [1.54, 1.807) is 4.90 Å². The van der Waals surface area contributed by atoms with Gasteiger partial charge in [0, 0.05) is 12.7 Å². The molecule has 0 aromatic heterocycles. The van der Waals surface area contributed by atoms with Gasteiger partial charge in [-0.3, -0.25) is 4.90 Å². The minimum Gasteiger partial charge on any atom is -0.490 e. The maximum absolute atomic E-state index is 12.2. The number of hydrogen-bond donors (Lipinski definition) is 1. The van der Waals surface area contributed by atoms with Crippen molar-refractivity contribution in [1.82, 2.24) is 0 Å². The molecule has 1 aliphatic heterocycles. The van der Waals surface area contributed by atoms with Crippen LogP contribution in [0.15, 0.2) is 18.2 Å². The normalized spacial score (nSPS) is 14.4. The Morgan fingerprint density at radius 1 is 1.42 bits per heavy atom.